The standard InChI is InChI=1S/C14H19NO5/c1-17-14-10(15)11(16)12-9(19-14)7-18-13(20-12)8-5-3-2-4-6-8/h2-6,9-14,16H,7,15H2,1H3/t9?,10-,11?,12+,13?,14-/m0/s1. The van der Waals surface area contributed by atoms with Gasteiger partial charge in [-0.2, -0.15) is 0 Å². The second-order valence-electron chi connectivity index (χ2n) is 5.02. The molecule has 6 heteroatoms. The first kappa shape index (κ1) is 13.9. The highest BCUT2D eigenvalue weighted by atomic mass is 16.7. The molecule has 3 unspecified atom stereocenters. The Labute approximate surface area is 117 Å². The minimum atomic E-state index is -0.853. The fourth-order valence-corrected chi connectivity index (χ4v) is 2.60. The maximum absolute atomic E-state index is 10.3. The lowest BCUT2D eigenvalue weighted by Crippen LogP contribution is -2.64. The molecule has 20 heavy (non-hydrogen) atoms. The monoisotopic (exact) mass is 281 g/mol. The van der Waals surface area contributed by atoms with Gasteiger partial charge in [-0.3, -0.25) is 0 Å². The minimum absolute atomic E-state index is 0.327. The predicted molar refractivity (Wildman–Crippen MR) is 69.7 cm³/mol. The summed E-state index contributed by atoms with van der Waals surface area (Å²) >= 11 is 0. The van der Waals surface area contributed by atoms with E-state index in [2.05, 4.69) is 0 Å². The van der Waals surface area contributed by atoms with Crippen LogP contribution >= 0.6 is 0 Å². The first-order chi connectivity index (χ1) is 9.70. The van der Waals surface area contributed by atoms with Gasteiger partial charge in [0.25, 0.3) is 0 Å². The summed E-state index contributed by atoms with van der Waals surface area (Å²) in [4.78, 5) is 0. The van der Waals surface area contributed by atoms with Crippen molar-refractivity contribution < 1.29 is 24.1 Å². The van der Waals surface area contributed by atoms with E-state index in [4.69, 9.17) is 24.7 Å². The van der Waals surface area contributed by atoms with Crippen LogP contribution in [0, 0.1) is 0 Å². The molecule has 3 rings (SSSR count). The molecule has 2 saturated heterocycles. The van der Waals surface area contributed by atoms with Gasteiger partial charge in [0.1, 0.15) is 18.3 Å². The SMILES string of the molecule is CO[C@H]1OC2COC(c3ccccc3)O[C@H]2C(O)[C@@H]1N. The Morgan fingerprint density at radius 1 is 1.25 bits per heavy atom. The van der Waals surface area contributed by atoms with E-state index in [0.29, 0.717) is 6.61 Å². The van der Waals surface area contributed by atoms with Gasteiger partial charge in [0.15, 0.2) is 12.6 Å². The van der Waals surface area contributed by atoms with E-state index in [9.17, 15) is 5.11 Å². The van der Waals surface area contributed by atoms with Crippen molar-refractivity contribution in [2.45, 2.75) is 36.9 Å². The minimum Gasteiger partial charge on any atom is -0.388 e. The molecule has 2 aliphatic heterocycles. The Hall–Kier alpha value is -1.02. The van der Waals surface area contributed by atoms with E-state index in [1.165, 1.54) is 7.11 Å². The second-order valence-corrected chi connectivity index (χ2v) is 5.02. The largest absolute Gasteiger partial charge is 0.388 e. The molecule has 2 heterocycles. The van der Waals surface area contributed by atoms with Gasteiger partial charge in [-0.15, -0.1) is 0 Å². The van der Waals surface area contributed by atoms with Crippen LogP contribution in [0.3, 0.4) is 0 Å². The zero-order chi connectivity index (χ0) is 14.1. The lowest BCUT2D eigenvalue weighted by molar-refractivity contribution is -0.339. The molecule has 6 nitrogen and oxygen atoms in total. The Morgan fingerprint density at radius 3 is 2.70 bits per heavy atom. The van der Waals surface area contributed by atoms with Gasteiger partial charge in [0, 0.05) is 12.7 Å². The molecule has 1 aromatic rings. The van der Waals surface area contributed by atoms with Crippen LogP contribution in [-0.2, 0) is 18.9 Å². The third kappa shape index (κ3) is 2.46. The molecule has 0 aliphatic carbocycles. The first-order valence-corrected chi connectivity index (χ1v) is 6.64. The van der Waals surface area contributed by atoms with E-state index in [1.807, 2.05) is 30.3 Å². The van der Waals surface area contributed by atoms with E-state index in [1.54, 1.807) is 0 Å². The highest BCUT2D eigenvalue weighted by molar-refractivity contribution is 5.16. The average Bonchev–Trinajstić information content (AvgIpc) is 2.51. The third-order valence-corrected chi connectivity index (χ3v) is 3.72. The number of fused-ring (bicyclic) bond motifs is 1. The van der Waals surface area contributed by atoms with Crippen LogP contribution in [0.1, 0.15) is 11.9 Å². The van der Waals surface area contributed by atoms with Crippen LogP contribution in [0.25, 0.3) is 0 Å². The Morgan fingerprint density at radius 2 is 2.00 bits per heavy atom. The van der Waals surface area contributed by atoms with E-state index in [0.717, 1.165) is 5.56 Å². The molecule has 1 aromatic carbocycles. The van der Waals surface area contributed by atoms with Crippen molar-refractivity contribution >= 4 is 0 Å². The molecular formula is C14H19NO5. The molecule has 0 saturated carbocycles. The number of rotatable bonds is 2. The molecule has 6 atom stereocenters. The number of aliphatic hydroxyl groups excluding tert-OH is 1. The normalized spacial score (nSPS) is 41.1. The van der Waals surface area contributed by atoms with Gasteiger partial charge in [-0.05, 0) is 0 Å². The summed E-state index contributed by atoms with van der Waals surface area (Å²) in [6.07, 6.45) is -2.91. The van der Waals surface area contributed by atoms with Crippen molar-refractivity contribution in [1.82, 2.24) is 0 Å². The second kappa shape index (κ2) is 5.77. The number of nitrogens with two attached hydrogens (primary N) is 1. The van der Waals surface area contributed by atoms with Gasteiger partial charge < -0.3 is 29.8 Å². The highest BCUT2D eigenvalue weighted by Crippen LogP contribution is 2.33. The van der Waals surface area contributed by atoms with Crippen LogP contribution in [0.5, 0.6) is 0 Å². The number of ether oxygens (including phenoxy) is 4. The fourth-order valence-electron chi connectivity index (χ4n) is 2.60. The zero-order valence-corrected chi connectivity index (χ0v) is 11.2. The summed E-state index contributed by atoms with van der Waals surface area (Å²) in [5.41, 5.74) is 6.81. The Bertz CT molecular complexity index is 440. The van der Waals surface area contributed by atoms with Crippen molar-refractivity contribution in [3.05, 3.63) is 35.9 Å². The van der Waals surface area contributed by atoms with Crippen LogP contribution in [0.15, 0.2) is 30.3 Å². The number of hydrogen-bond donors (Lipinski definition) is 2. The van der Waals surface area contributed by atoms with Crippen molar-refractivity contribution in [1.29, 1.82) is 0 Å². The molecule has 3 N–H and O–H groups in total. The van der Waals surface area contributed by atoms with Gasteiger partial charge in [-0.25, -0.2) is 0 Å². The number of hydrogen-bond acceptors (Lipinski definition) is 6. The average molecular weight is 281 g/mol. The molecular weight excluding hydrogens is 262 g/mol. The van der Waals surface area contributed by atoms with Crippen molar-refractivity contribution in [3.8, 4) is 0 Å². The maximum Gasteiger partial charge on any atom is 0.184 e. The lowest BCUT2D eigenvalue weighted by Gasteiger charge is -2.46. The molecule has 2 aliphatic rings. The molecule has 0 radical (unpaired) electrons. The molecule has 0 aromatic heterocycles. The zero-order valence-electron chi connectivity index (χ0n) is 11.2. The summed E-state index contributed by atoms with van der Waals surface area (Å²) in [5, 5.41) is 10.3. The Kier molecular flexibility index (Phi) is 4.02. The highest BCUT2D eigenvalue weighted by Gasteiger charge is 2.48. The number of benzene rings is 1. The van der Waals surface area contributed by atoms with E-state index < -0.39 is 30.8 Å². The molecule has 0 spiro atoms. The van der Waals surface area contributed by atoms with Gasteiger partial charge in [0.05, 0.1) is 12.6 Å². The smallest absolute Gasteiger partial charge is 0.184 e. The summed E-state index contributed by atoms with van der Waals surface area (Å²) < 4.78 is 22.2. The topological polar surface area (TPSA) is 83.2 Å². The van der Waals surface area contributed by atoms with Crippen molar-refractivity contribution in [3.63, 3.8) is 0 Å². The first-order valence-electron chi connectivity index (χ1n) is 6.64. The Balaban J connectivity index is 1.74. The van der Waals surface area contributed by atoms with E-state index >= 15 is 0 Å². The predicted octanol–water partition coefficient (Wildman–Crippen LogP) is 0.160. The summed E-state index contributed by atoms with van der Waals surface area (Å²) in [6, 6.07) is 8.93. The number of methoxy groups -OCH3 is 1. The van der Waals surface area contributed by atoms with Crippen molar-refractivity contribution in [2.24, 2.45) is 5.73 Å². The summed E-state index contributed by atoms with van der Waals surface area (Å²) in [6.45, 7) is 0.327. The van der Waals surface area contributed by atoms with Crippen LogP contribution in [-0.4, -0.2) is 49.5 Å². The molecule has 110 valence electrons. The van der Waals surface area contributed by atoms with Gasteiger partial charge in [0.2, 0.25) is 0 Å². The van der Waals surface area contributed by atoms with Crippen molar-refractivity contribution in [2.75, 3.05) is 13.7 Å². The molecule has 0 bridgehead atoms. The number of aliphatic hydroxyl groups is 1. The van der Waals surface area contributed by atoms with Crippen LogP contribution < -0.4 is 5.73 Å². The van der Waals surface area contributed by atoms with E-state index in [-0.39, 0.29) is 6.10 Å². The van der Waals surface area contributed by atoms with Gasteiger partial charge in [-0.1, -0.05) is 30.3 Å². The van der Waals surface area contributed by atoms with Crippen LogP contribution in [0.2, 0.25) is 0 Å². The quantitative estimate of drug-likeness (QED) is 0.803. The van der Waals surface area contributed by atoms with Crippen LogP contribution in [0.4, 0.5) is 0 Å². The van der Waals surface area contributed by atoms with Gasteiger partial charge >= 0.3 is 0 Å². The summed E-state index contributed by atoms with van der Waals surface area (Å²) in [5.74, 6) is 0. The molecule has 0 amide bonds. The third-order valence-electron chi connectivity index (χ3n) is 3.72. The lowest BCUT2D eigenvalue weighted by atomic mass is 9.96. The summed E-state index contributed by atoms with van der Waals surface area (Å²) in [7, 11) is 1.49. The fraction of sp³-hybridized carbons (Fsp3) is 0.571. The maximum atomic E-state index is 10.3. The molecule has 2 fully saturated rings.